The van der Waals surface area contributed by atoms with Crippen LogP contribution in [0.25, 0.3) is 0 Å². The molecular weight excluding hydrogens is 234 g/mol. The van der Waals surface area contributed by atoms with Crippen LogP contribution in [-0.4, -0.2) is 37.7 Å². The van der Waals surface area contributed by atoms with Gasteiger partial charge in [-0.15, -0.1) is 0 Å². The van der Waals surface area contributed by atoms with E-state index in [9.17, 15) is 0 Å². The summed E-state index contributed by atoms with van der Waals surface area (Å²) in [5.74, 6) is 0. The second kappa shape index (κ2) is 12.7. The largest absolute Gasteiger partial charge is 0.380 e. The fourth-order valence-electron chi connectivity index (χ4n) is 2.51. The van der Waals surface area contributed by atoms with Gasteiger partial charge >= 0.3 is 0 Å². The molecule has 1 rings (SSSR count). The Labute approximate surface area is 120 Å². The lowest BCUT2D eigenvalue weighted by Crippen LogP contribution is -2.24. The molecule has 0 radical (unpaired) electrons. The Morgan fingerprint density at radius 2 is 1.37 bits per heavy atom. The van der Waals surface area contributed by atoms with E-state index in [2.05, 4.69) is 24.0 Å². The van der Waals surface area contributed by atoms with Crippen LogP contribution in [0.3, 0.4) is 0 Å². The summed E-state index contributed by atoms with van der Waals surface area (Å²) in [4.78, 5) is 2.41. The summed E-state index contributed by atoms with van der Waals surface area (Å²) in [6, 6.07) is 0. The van der Waals surface area contributed by atoms with Crippen LogP contribution in [0.15, 0.2) is 12.2 Å². The number of hydrogen-bond acceptors (Lipinski definition) is 2. The smallest absolute Gasteiger partial charge is 0.0593 e. The molecule has 0 saturated carbocycles. The van der Waals surface area contributed by atoms with Crippen molar-refractivity contribution in [3.63, 3.8) is 0 Å². The number of rotatable bonds is 13. The molecule has 0 saturated heterocycles. The van der Waals surface area contributed by atoms with E-state index < -0.39 is 0 Å². The molecule has 1 aliphatic rings. The predicted octanol–water partition coefficient (Wildman–Crippen LogP) is 4.41. The van der Waals surface area contributed by atoms with E-state index >= 15 is 0 Å². The van der Waals surface area contributed by atoms with E-state index in [1.165, 1.54) is 57.8 Å². The molecule has 1 aliphatic heterocycles. The Morgan fingerprint density at radius 3 is 2.00 bits per heavy atom. The van der Waals surface area contributed by atoms with Crippen LogP contribution in [0.2, 0.25) is 0 Å². The van der Waals surface area contributed by atoms with Gasteiger partial charge in [-0.2, -0.15) is 0 Å². The zero-order chi connectivity index (χ0) is 13.6. The molecule has 19 heavy (non-hydrogen) atoms. The van der Waals surface area contributed by atoms with Crippen molar-refractivity contribution in [3.05, 3.63) is 12.2 Å². The summed E-state index contributed by atoms with van der Waals surface area (Å²) in [6.45, 7) is 7.45. The van der Waals surface area contributed by atoms with Crippen LogP contribution in [-0.2, 0) is 4.74 Å². The molecule has 0 aromatic rings. The Kier molecular flexibility index (Phi) is 11.2. The highest BCUT2D eigenvalue weighted by Crippen LogP contribution is 2.09. The van der Waals surface area contributed by atoms with Crippen LogP contribution in [0.5, 0.6) is 0 Å². The number of nitrogens with zero attached hydrogens (tertiary/aromatic N) is 1. The molecule has 0 spiro atoms. The summed E-state index contributed by atoms with van der Waals surface area (Å²) in [5, 5.41) is 0. The molecule has 0 unspecified atom stereocenters. The van der Waals surface area contributed by atoms with Crippen molar-refractivity contribution >= 4 is 0 Å². The number of unbranched alkanes of at least 4 members (excludes halogenated alkanes) is 8. The Morgan fingerprint density at radius 1 is 0.789 bits per heavy atom. The van der Waals surface area contributed by atoms with Gasteiger partial charge < -0.3 is 4.74 Å². The second-order valence-electron chi connectivity index (χ2n) is 5.67. The molecule has 0 amide bonds. The monoisotopic (exact) mass is 267 g/mol. The van der Waals surface area contributed by atoms with Crippen molar-refractivity contribution in [2.75, 3.05) is 32.8 Å². The van der Waals surface area contributed by atoms with E-state index in [0.29, 0.717) is 0 Å². The van der Waals surface area contributed by atoms with E-state index in [0.717, 1.165) is 32.8 Å². The molecule has 1 heterocycles. The average molecular weight is 267 g/mol. The van der Waals surface area contributed by atoms with Gasteiger partial charge in [0.15, 0.2) is 0 Å². The van der Waals surface area contributed by atoms with Gasteiger partial charge in [-0.05, 0) is 6.42 Å². The molecule has 2 nitrogen and oxygen atoms in total. The third-order valence-electron chi connectivity index (χ3n) is 3.84. The number of ether oxygens (including phenoxy) is 1. The lowest BCUT2D eigenvalue weighted by Gasteiger charge is -2.14. The second-order valence-corrected chi connectivity index (χ2v) is 5.67. The lowest BCUT2D eigenvalue weighted by atomic mass is 10.1. The van der Waals surface area contributed by atoms with Gasteiger partial charge in [0.2, 0.25) is 0 Å². The molecule has 112 valence electrons. The summed E-state index contributed by atoms with van der Waals surface area (Å²) >= 11 is 0. The first-order valence-electron chi connectivity index (χ1n) is 8.38. The molecule has 0 atom stereocenters. The molecule has 0 bridgehead atoms. The minimum atomic E-state index is 0.901. The molecule has 2 heteroatoms. The third kappa shape index (κ3) is 10.1. The highest BCUT2D eigenvalue weighted by molar-refractivity contribution is 4.94. The Hall–Kier alpha value is -0.340. The fourth-order valence-corrected chi connectivity index (χ4v) is 2.51. The normalized spacial score (nSPS) is 15.4. The first kappa shape index (κ1) is 16.7. The van der Waals surface area contributed by atoms with Gasteiger partial charge in [0.05, 0.1) is 6.61 Å². The van der Waals surface area contributed by atoms with Crippen molar-refractivity contribution in [1.82, 2.24) is 4.90 Å². The van der Waals surface area contributed by atoms with Crippen molar-refractivity contribution < 1.29 is 4.74 Å². The van der Waals surface area contributed by atoms with Crippen LogP contribution in [0, 0.1) is 0 Å². The topological polar surface area (TPSA) is 12.5 Å². The first-order chi connectivity index (χ1) is 9.43. The van der Waals surface area contributed by atoms with Crippen molar-refractivity contribution in [1.29, 1.82) is 0 Å². The van der Waals surface area contributed by atoms with Gasteiger partial charge in [-0.1, -0.05) is 70.4 Å². The van der Waals surface area contributed by atoms with Gasteiger partial charge in [0, 0.05) is 26.2 Å². The van der Waals surface area contributed by atoms with Crippen LogP contribution >= 0.6 is 0 Å². The van der Waals surface area contributed by atoms with E-state index in [4.69, 9.17) is 4.74 Å². The number of hydrogen-bond donors (Lipinski definition) is 0. The predicted molar refractivity (Wildman–Crippen MR) is 83.6 cm³/mol. The summed E-state index contributed by atoms with van der Waals surface area (Å²) in [7, 11) is 0. The van der Waals surface area contributed by atoms with Gasteiger partial charge in [0.25, 0.3) is 0 Å². The quantitative estimate of drug-likeness (QED) is 0.362. The van der Waals surface area contributed by atoms with E-state index in [1.54, 1.807) is 0 Å². The lowest BCUT2D eigenvalue weighted by molar-refractivity contribution is 0.109. The van der Waals surface area contributed by atoms with Crippen LogP contribution in [0.4, 0.5) is 0 Å². The van der Waals surface area contributed by atoms with Crippen molar-refractivity contribution in [2.24, 2.45) is 0 Å². The molecule has 0 aromatic carbocycles. The zero-order valence-electron chi connectivity index (χ0n) is 12.9. The maximum Gasteiger partial charge on any atom is 0.0593 e. The third-order valence-corrected chi connectivity index (χ3v) is 3.84. The standard InChI is InChI=1S/C17H33NO/c1-2-3-4-5-6-7-8-9-12-16-19-17-15-18-13-10-11-14-18/h10-11H,2-9,12-17H2,1H3. The van der Waals surface area contributed by atoms with Crippen molar-refractivity contribution in [3.8, 4) is 0 Å². The Balaban J connectivity index is 1.67. The molecule has 0 N–H and O–H groups in total. The fraction of sp³-hybridized carbons (Fsp3) is 0.882. The highest BCUT2D eigenvalue weighted by atomic mass is 16.5. The molecule has 0 aliphatic carbocycles. The van der Waals surface area contributed by atoms with E-state index in [-0.39, 0.29) is 0 Å². The summed E-state index contributed by atoms with van der Waals surface area (Å²) < 4.78 is 5.69. The van der Waals surface area contributed by atoms with E-state index in [1.807, 2.05) is 0 Å². The summed E-state index contributed by atoms with van der Waals surface area (Å²) in [6.07, 6.45) is 17.0. The average Bonchev–Trinajstić information content (AvgIpc) is 2.93. The molecule has 0 aromatic heterocycles. The minimum absolute atomic E-state index is 0.901. The SMILES string of the molecule is CCCCCCCCCCCOCCN1CC=CC1. The Bertz CT molecular complexity index is 207. The summed E-state index contributed by atoms with van der Waals surface area (Å²) in [5.41, 5.74) is 0. The van der Waals surface area contributed by atoms with Gasteiger partial charge in [-0.3, -0.25) is 4.90 Å². The molecule has 0 fully saturated rings. The molecular formula is C17H33NO. The first-order valence-corrected chi connectivity index (χ1v) is 8.38. The minimum Gasteiger partial charge on any atom is -0.380 e. The zero-order valence-corrected chi connectivity index (χ0v) is 12.9. The van der Waals surface area contributed by atoms with Gasteiger partial charge in [0.1, 0.15) is 0 Å². The maximum atomic E-state index is 5.69. The van der Waals surface area contributed by atoms with Crippen LogP contribution in [0.1, 0.15) is 64.7 Å². The maximum absolute atomic E-state index is 5.69. The van der Waals surface area contributed by atoms with Crippen LogP contribution < -0.4 is 0 Å². The van der Waals surface area contributed by atoms with Crippen molar-refractivity contribution in [2.45, 2.75) is 64.7 Å². The van der Waals surface area contributed by atoms with Gasteiger partial charge in [-0.25, -0.2) is 0 Å². The highest BCUT2D eigenvalue weighted by Gasteiger charge is 2.04.